The average Bonchev–Trinajstić information content (AvgIpc) is 2.40. The van der Waals surface area contributed by atoms with Crippen molar-refractivity contribution < 1.29 is 0 Å². The van der Waals surface area contributed by atoms with Crippen molar-refractivity contribution in [2.24, 2.45) is 15.3 Å². The Hall–Kier alpha value is -1.20. The van der Waals surface area contributed by atoms with Gasteiger partial charge in [-0.3, -0.25) is 0 Å². The summed E-state index contributed by atoms with van der Waals surface area (Å²) in [4.78, 5) is 0. The van der Waals surface area contributed by atoms with Crippen LogP contribution in [0.5, 0.6) is 0 Å². The van der Waals surface area contributed by atoms with Crippen molar-refractivity contribution in [2.45, 2.75) is 70.4 Å². The van der Waals surface area contributed by atoms with Crippen LogP contribution in [0.4, 0.5) is 0 Å². The number of nitrogens with one attached hydrogen (secondary N) is 3. The van der Waals surface area contributed by atoms with Gasteiger partial charge in [-0.25, -0.2) is 16.6 Å². The third-order valence-electron chi connectivity index (χ3n) is 3.15. The van der Waals surface area contributed by atoms with Gasteiger partial charge in [-0.1, -0.05) is 26.2 Å². The molecular weight excluding hydrogens is 228 g/mol. The van der Waals surface area contributed by atoms with Gasteiger partial charge in [0, 0.05) is 0 Å². The van der Waals surface area contributed by atoms with E-state index in [-0.39, 0.29) is 12.1 Å². The van der Waals surface area contributed by atoms with Crippen LogP contribution in [0.2, 0.25) is 0 Å². The summed E-state index contributed by atoms with van der Waals surface area (Å²) >= 11 is 0. The van der Waals surface area contributed by atoms with Crippen molar-refractivity contribution in [3.8, 4) is 0 Å². The van der Waals surface area contributed by atoms with Crippen molar-refractivity contribution in [1.82, 2.24) is 0 Å². The fourth-order valence-corrected chi connectivity index (χ4v) is 1.97. The van der Waals surface area contributed by atoms with Gasteiger partial charge in [-0.05, 0) is 32.1 Å². The second-order valence-corrected chi connectivity index (χ2v) is 4.66. The zero-order valence-electron chi connectivity index (χ0n) is 11.4. The molecule has 0 aliphatic rings. The summed E-state index contributed by atoms with van der Waals surface area (Å²) in [5, 5.41) is 10.6. The monoisotopic (exact) mass is 254 g/mol. The highest BCUT2D eigenvalue weighted by atomic mass is 15.0. The summed E-state index contributed by atoms with van der Waals surface area (Å²) in [6, 6.07) is 0.115. The fraction of sp³-hybridized carbons (Fsp3) is 1.00. The predicted molar refractivity (Wildman–Crippen MR) is 70.5 cm³/mol. The van der Waals surface area contributed by atoms with Crippen LogP contribution in [0.25, 0.3) is 0 Å². The Labute approximate surface area is 109 Å². The summed E-state index contributed by atoms with van der Waals surface area (Å²) < 4.78 is 0. The summed E-state index contributed by atoms with van der Waals surface area (Å²) in [6.45, 7) is 2.69. The van der Waals surface area contributed by atoms with E-state index in [4.69, 9.17) is 16.6 Å². The molecule has 0 aromatic rings. The molecule has 0 bridgehead atoms. The SMILES string of the molecule is CCCCCC(CCC(CCCN=N)N=N)N=N. The number of hydrogen-bond donors (Lipinski definition) is 3. The first-order valence-corrected chi connectivity index (χ1v) is 6.84. The predicted octanol–water partition coefficient (Wildman–Crippen LogP) is 4.96. The van der Waals surface area contributed by atoms with Crippen LogP contribution < -0.4 is 0 Å². The zero-order chi connectivity index (χ0) is 13.6. The Morgan fingerprint density at radius 1 is 0.778 bits per heavy atom. The lowest BCUT2D eigenvalue weighted by Crippen LogP contribution is -2.10. The molecule has 6 heteroatoms. The van der Waals surface area contributed by atoms with Crippen LogP contribution in [0.3, 0.4) is 0 Å². The zero-order valence-corrected chi connectivity index (χ0v) is 11.4. The van der Waals surface area contributed by atoms with Gasteiger partial charge in [0.25, 0.3) is 0 Å². The number of rotatable bonds is 13. The summed E-state index contributed by atoms with van der Waals surface area (Å²) in [6.07, 6.45) is 7.78. The van der Waals surface area contributed by atoms with E-state index >= 15 is 0 Å². The minimum Gasteiger partial charge on any atom is -0.210 e. The van der Waals surface area contributed by atoms with E-state index in [1.807, 2.05) is 0 Å². The van der Waals surface area contributed by atoms with Gasteiger partial charge in [0.1, 0.15) is 0 Å². The first-order chi connectivity index (χ1) is 8.78. The number of unbranched alkanes of at least 4 members (excludes halogenated alkanes) is 2. The smallest absolute Gasteiger partial charge is 0.0707 e. The van der Waals surface area contributed by atoms with E-state index in [1.165, 1.54) is 12.8 Å². The molecule has 0 radical (unpaired) electrons. The maximum Gasteiger partial charge on any atom is 0.0707 e. The highest BCUT2D eigenvalue weighted by molar-refractivity contribution is 4.70. The number of nitrogens with zero attached hydrogens (tertiary/aromatic N) is 3. The molecule has 2 atom stereocenters. The molecule has 0 aliphatic heterocycles. The quantitative estimate of drug-likeness (QED) is 0.305. The van der Waals surface area contributed by atoms with E-state index < -0.39 is 0 Å². The molecule has 0 spiro atoms. The van der Waals surface area contributed by atoms with Gasteiger partial charge in [0.15, 0.2) is 0 Å². The Kier molecular flexibility index (Phi) is 11.4. The summed E-state index contributed by atoms with van der Waals surface area (Å²) in [5.74, 6) is 0. The summed E-state index contributed by atoms with van der Waals surface area (Å²) in [7, 11) is 0. The molecule has 0 fully saturated rings. The normalized spacial score (nSPS) is 13.8. The van der Waals surface area contributed by atoms with Crippen LogP contribution in [0.15, 0.2) is 15.3 Å². The maximum absolute atomic E-state index is 7.17. The van der Waals surface area contributed by atoms with Crippen LogP contribution in [0, 0.1) is 16.6 Å². The third kappa shape index (κ3) is 8.90. The van der Waals surface area contributed by atoms with Crippen molar-refractivity contribution in [2.75, 3.05) is 6.54 Å². The molecule has 0 saturated heterocycles. The second kappa shape index (κ2) is 12.3. The molecule has 0 amide bonds. The van der Waals surface area contributed by atoms with Gasteiger partial charge in [0.2, 0.25) is 0 Å². The Morgan fingerprint density at radius 2 is 1.33 bits per heavy atom. The minimum absolute atomic E-state index is 0.0159. The second-order valence-electron chi connectivity index (χ2n) is 4.66. The standard InChI is InChI=1S/C12H26N6/c1-2-3-4-6-11(17-14)8-9-12(18-15)7-5-10-16-13/h11-15H,2-10H2,1H3. The Balaban J connectivity index is 3.80. The minimum atomic E-state index is 0.0159. The lowest BCUT2D eigenvalue weighted by atomic mass is 9.99. The van der Waals surface area contributed by atoms with E-state index in [2.05, 4.69) is 22.3 Å². The molecule has 18 heavy (non-hydrogen) atoms. The van der Waals surface area contributed by atoms with Crippen LogP contribution >= 0.6 is 0 Å². The van der Waals surface area contributed by atoms with Crippen molar-refractivity contribution in [3.05, 3.63) is 0 Å². The highest BCUT2D eigenvalue weighted by Gasteiger charge is 2.12. The first kappa shape index (κ1) is 16.8. The van der Waals surface area contributed by atoms with Gasteiger partial charge < -0.3 is 0 Å². The third-order valence-corrected chi connectivity index (χ3v) is 3.15. The highest BCUT2D eigenvalue weighted by Crippen LogP contribution is 2.16. The molecule has 6 nitrogen and oxygen atoms in total. The van der Waals surface area contributed by atoms with Gasteiger partial charge in [-0.15, -0.1) is 0 Å². The number of hydrogen-bond acceptors (Lipinski definition) is 6. The first-order valence-electron chi connectivity index (χ1n) is 6.84. The van der Waals surface area contributed by atoms with Crippen molar-refractivity contribution >= 4 is 0 Å². The lowest BCUT2D eigenvalue weighted by molar-refractivity contribution is 0.438. The van der Waals surface area contributed by atoms with Gasteiger partial charge in [-0.2, -0.15) is 15.3 Å². The van der Waals surface area contributed by atoms with Crippen LogP contribution in [-0.2, 0) is 0 Å². The average molecular weight is 254 g/mol. The van der Waals surface area contributed by atoms with E-state index in [0.717, 1.165) is 38.5 Å². The summed E-state index contributed by atoms with van der Waals surface area (Å²) in [5.41, 5.74) is 21.0. The molecule has 2 unspecified atom stereocenters. The lowest BCUT2D eigenvalue weighted by Gasteiger charge is -2.13. The van der Waals surface area contributed by atoms with E-state index in [0.29, 0.717) is 6.54 Å². The fourth-order valence-electron chi connectivity index (χ4n) is 1.97. The molecule has 0 saturated carbocycles. The molecule has 104 valence electrons. The molecule has 0 heterocycles. The maximum atomic E-state index is 7.17. The van der Waals surface area contributed by atoms with Crippen LogP contribution in [-0.4, -0.2) is 18.6 Å². The largest absolute Gasteiger partial charge is 0.210 e. The Morgan fingerprint density at radius 3 is 1.78 bits per heavy atom. The molecule has 0 aromatic heterocycles. The van der Waals surface area contributed by atoms with Crippen molar-refractivity contribution in [3.63, 3.8) is 0 Å². The molecular formula is C12H26N6. The van der Waals surface area contributed by atoms with E-state index in [1.54, 1.807) is 0 Å². The van der Waals surface area contributed by atoms with E-state index in [9.17, 15) is 0 Å². The van der Waals surface area contributed by atoms with Gasteiger partial charge in [0.05, 0.1) is 18.6 Å². The topological polar surface area (TPSA) is 109 Å². The molecule has 0 aliphatic carbocycles. The molecule has 0 rings (SSSR count). The van der Waals surface area contributed by atoms with Crippen LogP contribution in [0.1, 0.15) is 58.3 Å². The van der Waals surface area contributed by atoms with Gasteiger partial charge >= 0.3 is 0 Å². The van der Waals surface area contributed by atoms with Crippen molar-refractivity contribution in [1.29, 1.82) is 16.6 Å². The molecule has 3 N–H and O–H groups in total. The Bertz CT molecular complexity index is 231. The molecule has 0 aromatic carbocycles.